The van der Waals surface area contributed by atoms with Gasteiger partial charge < -0.3 is 14.7 Å². The van der Waals surface area contributed by atoms with Crippen molar-refractivity contribution in [2.24, 2.45) is 0 Å². The highest BCUT2D eigenvalue weighted by Crippen LogP contribution is 2.29. The minimum absolute atomic E-state index is 0.159. The van der Waals surface area contributed by atoms with Crippen molar-refractivity contribution >= 4 is 0 Å². The van der Waals surface area contributed by atoms with Crippen molar-refractivity contribution in [1.82, 2.24) is 9.80 Å². The first-order chi connectivity index (χ1) is 10.1. The molecule has 0 unspecified atom stereocenters. The Morgan fingerprint density at radius 2 is 1.86 bits per heavy atom. The molecule has 0 aliphatic carbocycles. The summed E-state index contributed by atoms with van der Waals surface area (Å²) in [5.41, 5.74) is 1.19. The third kappa shape index (κ3) is 4.70. The van der Waals surface area contributed by atoms with Crippen LogP contribution in [0.4, 0.5) is 0 Å². The molecule has 1 aromatic rings. The standard InChI is InChI=1S/C17H30N2O2/c1-6-18(4)15(13-20)12-19(7-2)14(3)16-10-8-9-11-17(16)21-5/h8-11,14-15,20H,6-7,12-13H2,1-5H3/t14-,15+/m0/s1. The van der Waals surface area contributed by atoms with Crippen molar-refractivity contribution in [2.45, 2.75) is 32.9 Å². The van der Waals surface area contributed by atoms with Crippen LogP contribution in [0.15, 0.2) is 24.3 Å². The highest BCUT2D eigenvalue weighted by molar-refractivity contribution is 5.35. The smallest absolute Gasteiger partial charge is 0.123 e. The van der Waals surface area contributed by atoms with E-state index >= 15 is 0 Å². The summed E-state index contributed by atoms with van der Waals surface area (Å²) in [4.78, 5) is 4.57. The van der Waals surface area contributed by atoms with Gasteiger partial charge >= 0.3 is 0 Å². The molecular formula is C17H30N2O2. The lowest BCUT2D eigenvalue weighted by atomic mass is 10.0. The van der Waals surface area contributed by atoms with E-state index in [2.05, 4.69) is 43.7 Å². The van der Waals surface area contributed by atoms with Crippen LogP contribution in [-0.2, 0) is 0 Å². The minimum atomic E-state index is 0.159. The minimum Gasteiger partial charge on any atom is -0.496 e. The molecule has 4 heteroatoms. The first-order valence-electron chi connectivity index (χ1n) is 7.76. The van der Waals surface area contributed by atoms with Gasteiger partial charge in [0.25, 0.3) is 0 Å². The lowest BCUT2D eigenvalue weighted by Gasteiger charge is -2.35. The number of aliphatic hydroxyl groups excluding tert-OH is 1. The van der Waals surface area contributed by atoms with E-state index in [1.54, 1.807) is 7.11 Å². The maximum absolute atomic E-state index is 9.63. The van der Waals surface area contributed by atoms with Crippen molar-refractivity contribution in [3.05, 3.63) is 29.8 Å². The van der Waals surface area contributed by atoms with Gasteiger partial charge in [0.15, 0.2) is 0 Å². The summed E-state index contributed by atoms with van der Waals surface area (Å²) in [6.45, 7) is 9.37. The predicted molar refractivity (Wildman–Crippen MR) is 87.8 cm³/mol. The van der Waals surface area contributed by atoms with Crippen LogP contribution in [0.3, 0.4) is 0 Å². The number of ether oxygens (including phenoxy) is 1. The van der Waals surface area contributed by atoms with Crippen LogP contribution in [0.2, 0.25) is 0 Å². The van der Waals surface area contributed by atoms with Crippen LogP contribution < -0.4 is 4.74 Å². The van der Waals surface area contributed by atoms with Gasteiger partial charge in [-0.15, -0.1) is 0 Å². The lowest BCUT2D eigenvalue weighted by Crippen LogP contribution is -2.45. The van der Waals surface area contributed by atoms with E-state index < -0.39 is 0 Å². The van der Waals surface area contributed by atoms with E-state index in [-0.39, 0.29) is 18.7 Å². The normalized spacial score (nSPS) is 14.5. The topological polar surface area (TPSA) is 35.9 Å². The fraction of sp³-hybridized carbons (Fsp3) is 0.647. The van der Waals surface area contributed by atoms with Crippen LogP contribution >= 0.6 is 0 Å². The van der Waals surface area contributed by atoms with E-state index in [4.69, 9.17) is 4.74 Å². The first kappa shape index (κ1) is 18.0. The third-order valence-corrected chi connectivity index (χ3v) is 4.32. The van der Waals surface area contributed by atoms with Crippen LogP contribution in [-0.4, -0.2) is 61.3 Å². The molecule has 4 nitrogen and oxygen atoms in total. The average molecular weight is 294 g/mol. The van der Waals surface area contributed by atoms with Gasteiger partial charge in [-0.1, -0.05) is 32.0 Å². The number of nitrogens with zero attached hydrogens (tertiary/aromatic N) is 2. The fourth-order valence-corrected chi connectivity index (χ4v) is 2.63. The fourth-order valence-electron chi connectivity index (χ4n) is 2.63. The Morgan fingerprint density at radius 3 is 2.38 bits per heavy atom. The zero-order chi connectivity index (χ0) is 15.8. The predicted octanol–water partition coefficient (Wildman–Crippen LogP) is 2.39. The molecule has 120 valence electrons. The molecule has 1 N–H and O–H groups in total. The van der Waals surface area contributed by atoms with E-state index in [1.807, 2.05) is 18.2 Å². The van der Waals surface area contributed by atoms with Crippen molar-refractivity contribution in [3.63, 3.8) is 0 Å². The van der Waals surface area contributed by atoms with Gasteiger partial charge in [0.1, 0.15) is 5.75 Å². The quantitative estimate of drug-likeness (QED) is 0.758. The Labute approximate surface area is 129 Å². The number of benzene rings is 1. The Bertz CT molecular complexity index is 412. The van der Waals surface area contributed by atoms with E-state index in [9.17, 15) is 5.11 Å². The number of hydrogen-bond acceptors (Lipinski definition) is 4. The molecule has 0 saturated heterocycles. The van der Waals surface area contributed by atoms with Gasteiger partial charge in [0.2, 0.25) is 0 Å². The number of likely N-dealkylation sites (N-methyl/N-ethyl adjacent to an activating group) is 2. The zero-order valence-corrected chi connectivity index (χ0v) is 14.0. The van der Waals surface area contributed by atoms with E-state index in [1.165, 1.54) is 5.56 Å². The Kier molecular flexibility index (Phi) is 7.72. The molecule has 0 saturated carbocycles. The number of rotatable bonds is 9. The average Bonchev–Trinajstić information content (AvgIpc) is 2.54. The van der Waals surface area contributed by atoms with Crippen molar-refractivity contribution < 1.29 is 9.84 Å². The van der Waals surface area contributed by atoms with Crippen molar-refractivity contribution in [1.29, 1.82) is 0 Å². The second-order valence-electron chi connectivity index (χ2n) is 5.42. The highest BCUT2D eigenvalue weighted by Gasteiger charge is 2.22. The maximum Gasteiger partial charge on any atom is 0.123 e. The number of para-hydroxylation sites is 1. The molecule has 0 aliphatic heterocycles. The molecule has 21 heavy (non-hydrogen) atoms. The van der Waals surface area contributed by atoms with Gasteiger partial charge in [-0.3, -0.25) is 4.90 Å². The number of hydrogen-bond donors (Lipinski definition) is 1. The Morgan fingerprint density at radius 1 is 1.19 bits per heavy atom. The number of aliphatic hydroxyl groups is 1. The van der Waals surface area contributed by atoms with Gasteiger partial charge in [0, 0.05) is 24.2 Å². The van der Waals surface area contributed by atoms with Crippen molar-refractivity contribution in [2.75, 3.05) is 40.4 Å². The van der Waals surface area contributed by atoms with Crippen LogP contribution in [0.5, 0.6) is 5.75 Å². The van der Waals surface area contributed by atoms with Crippen LogP contribution in [0.1, 0.15) is 32.4 Å². The molecule has 2 atom stereocenters. The maximum atomic E-state index is 9.63. The molecular weight excluding hydrogens is 264 g/mol. The summed E-state index contributed by atoms with van der Waals surface area (Å²) in [5.74, 6) is 0.924. The molecule has 0 bridgehead atoms. The van der Waals surface area contributed by atoms with Gasteiger partial charge in [0.05, 0.1) is 13.7 Å². The van der Waals surface area contributed by atoms with Crippen LogP contribution in [0.25, 0.3) is 0 Å². The molecule has 1 aromatic carbocycles. The van der Waals surface area contributed by atoms with Gasteiger partial charge in [-0.25, -0.2) is 0 Å². The molecule has 0 spiro atoms. The summed E-state index contributed by atoms with van der Waals surface area (Å²) >= 11 is 0. The van der Waals surface area contributed by atoms with E-state index in [0.29, 0.717) is 0 Å². The summed E-state index contributed by atoms with van der Waals surface area (Å²) in [7, 11) is 3.77. The molecule has 0 amide bonds. The van der Waals surface area contributed by atoms with Crippen molar-refractivity contribution in [3.8, 4) is 5.75 Å². The largest absolute Gasteiger partial charge is 0.496 e. The summed E-state index contributed by atoms with van der Waals surface area (Å²) in [6, 6.07) is 8.57. The molecule has 1 rings (SSSR count). The summed E-state index contributed by atoms with van der Waals surface area (Å²) < 4.78 is 5.47. The zero-order valence-electron chi connectivity index (χ0n) is 14.0. The molecule has 0 fully saturated rings. The second kappa shape index (κ2) is 9.03. The SMILES string of the molecule is CCN(C)[C@@H](CO)CN(CC)[C@@H](C)c1ccccc1OC. The van der Waals surface area contributed by atoms with Gasteiger partial charge in [-0.2, -0.15) is 0 Å². The summed E-state index contributed by atoms with van der Waals surface area (Å²) in [6.07, 6.45) is 0. The third-order valence-electron chi connectivity index (χ3n) is 4.32. The monoisotopic (exact) mass is 294 g/mol. The number of methoxy groups -OCH3 is 1. The first-order valence-corrected chi connectivity index (χ1v) is 7.76. The van der Waals surface area contributed by atoms with E-state index in [0.717, 1.165) is 25.4 Å². The molecule has 0 radical (unpaired) electrons. The van der Waals surface area contributed by atoms with Gasteiger partial charge in [-0.05, 0) is 33.1 Å². The molecule has 0 heterocycles. The molecule has 0 aliphatic rings. The lowest BCUT2D eigenvalue weighted by molar-refractivity contribution is 0.0937. The molecule has 0 aromatic heterocycles. The summed E-state index contributed by atoms with van der Waals surface area (Å²) in [5, 5.41) is 9.63. The second-order valence-corrected chi connectivity index (χ2v) is 5.42. The highest BCUT2D eigenvalue weighted by atomic mass is 16.5. The Hall–Kier alpha value is -1.10. The Balaban J connectivity index is 2.88. The van der Waals surface area contributed by atoms with Crippen LogP contribution in [0, 0.1) is 0 Å².